The van der Waals surface area contributed by atoms with Gasteiger partial charge in [-0.1, -0.05) is 43.2 Å². The maximum atomic E-state index is 12.5. The third-order valence-corrected chi connectivity index (χ3v) is 5.23. The summed E-state index contributed by atoms with van der Waals surface area (Å²) >= 11 is 0. The van der Waals surface area contributed by atoms with Crippen molar-refractivity contribution in [3.63, 3.8) is 0 Å². The lowest BCUT2D eigenvalue weighted by molar-refractivity contribution is -0.384. The largest absolute Gasteiger partial charge is 0.348 e. The summed E-state index contributed by atoms with van der Waals surface area (Å²) in [5.74, 6) is -0.292. The van der Waals surface area contributed by atoms with Gasteiger partial charge in [0.2, 0.25) is 0 Å². The lowest BCUT2D eigenvalue weighted by Crippen LogP contribution is -2.25. The molecule has 1 heterocycles. The number of non-ortho nitro benzene ring substituents is 1. The van der Waals surface area contributed by atoms with Gasteiger partial charge < -0.3 is 5.32 Å². The van der Waals surface area contributed by atoms with E-state index in [1.165, 1.54) is 43.4 Å². The Balaban J connectivity index is 1.62. The molecule has 0 saturated carbocycles. The van der Waals surface area contributed by atoms with Crippen LogP contribution in [0.15, 0.2) is 42.5 Å². The van der Waals surface area contributed by atoms with Crippen molar-refractivity contribution in [1.82, 2.24) is 10.2 Å². The first-order chi connectivity index (χ1) is 13.5. The minimum absolute atomic E-state index is 0.0739. The van der Waals surface area contributed by atoms with Gasteiger partial charge in [0.1, 0.15) is 0 Å². The van der Waals surface area contributed by atoms with Gasteiger partial charge in [0, 0.05) is 30.8 Å². The Morgan fingerprint density at radius 2 is 1.79 bits per heavy atom. The molecule has 0 bridgehead atoms. The predicted molar refractivity (Wildman–Crippen MR) is 109 cm³/mol. The SMILES string of the molecule is Cc1ccc([N+](=O)[O-])cc1C(=O)NCc1cccc(CN2CCCCCC2)c1. The van der Waals surface area contributed by atoms with Gasteiger partial charge in [-0.15, -0.1) is 0 Å². The highest BCUT2D eigenvalue weighted by Gasteiger charge is 2.15. The van der Waals surface area contributed by atoms with E-state index in [9.17, 15) is 14.9 Å². The van der Waals surface area contributed by atoms with Crippen molar-refractivity contribution in [3.05, 3.63) is 74.8 Å². The van der Waals surface area contributed by atoms with Crippen molar-refractivity contribution in [1.29, 1.82) is 0 Å². The lowest BCUT2D eigenvalue weighted by atomic mass is 10.1. The Kier molecular flexibility index (Phi) is 6.76. The number of hydrogen-bond acceptors (Lipinski definition) is 4. The maximum absolute atomic E-state index is 12.5. The van der Waals surface area contributed by atoms with Crippen molar-refractivity contribution in [2.24, 2.45) is 0 Å². The van der Waals surface area contributed by atoms with Gasteiger partial charge in [0.15, 0.2) is 0 Å². The van der Waals surface area contributed by atoms with E-state index in [1.807, 2.05) is 12.1 Å². The highest BCUT2D eigenvalue weighted by molar-refractivity contribution is 5.96. The van der Waals surface area contributed by atoms with E-state index in [2.05, 4.69) is 22.3 Å². The third-order valence-electron chi connectivity index (χ3n) is 5.23. The second kappa shape index (κ2) is 9.46. The van der Waals surface area contributed by atoms with E-state index in [4.69, 9.17) is 0 Å². The van der Waals surface area contributed by atoms with Gasteiger partial charge in [-0.05, 0) is 49.5 Å². The van der Waals surface area contributed by atoms with Gasteiger partial charge in [-0.2, -0.15) is 0 Å². The molecule has 2 aromatic carbocycles. The number of carbonyl (C=O) groups excluding carboxylic acids is 1. The summed E-state index contributed by atoms with van der Waals surface area (Å²) in [6.45, 7) is 5.40. The number of nitrogens with zero attached hydrogens (tertiary/aromatic N) is 2. The van der Waals surface area contributed by atoms with Crippen LogP contribution in [0.25, 0.3) is 0 Å². The molecule has 1 amide bonds. The number of benzene rings is 2. The molecule has 28 heavy (non-hydrogen) atoms. The van der Waals surface area contributed by atoms with Crippen molar-refractivity contribution < 1.29 is 9.72 Å². The minimum Gasteiger partial charge on any atom is -0.348 e. The van der Waals surface area contributed by atoms with E-state index < -0.39 is 4.92 Å². The summed E-state index contributed by atoms with van der Waals surface area (Å²) in [5, 5.41) is 13.8. The van der Waals surface area contributed by atoms with Gasteiger partial charge in [0.25, 0.3) is 11.6 Å². The molecule has 6 nitrogen and oxygen atoms in total. The highest BCUT2D eigenvalue weighted by atomic mass is 16.6. The first-order valence-corrected chi connectivity index (χ1v) is 9.86. The number of nitrogens with one attached hydrogen (secondary N) is 1. The summed E-state index contributed by atoms with van der Waals surface area (Å²) in [6.07, 6.45) is 5.16. The Morgan fingerprint density at radius 1 is 1.07 bits per heavy atom. The zero-order chi connectivity index (χ0) is 19.9. The standard InChI is InChI=1S/C22H27N3O3/c1-17-9-10-20(25(27)28)14-21(17)22(26)23-15-18-7-6-8-19(13-18)16-24-11-4-2-3-5-12-24/h6-10,13-14H,2-5,11-12,15-16H2,1H3,(H,23,26). The normalized spacial score (nSPS) is 15.0. The molecule has 3 rings (SSSR count). The Labute approximate surface area is 165 Å². The van der Waals surface area contributed by atoms with Crippen LogP contribution in [-0.4, -0.2) is 28.8 Å². The molecule has 2 aromatic rings. The molecular formula is C22H27N3O3. The molecule has 1 aliphatic heterocycles. The van der Waals surface area contributed by atoms with Crippen LogP contribution in [0.1, 0.15) is 52.7 Å². The van der Waals surface area contributed by atoms with E-state index in [1.54, 1.807) is 13.0 Å². The van der Waals surface area contributed by atoms with Gasteiger partial charge >= 0.3 is 0 Å². The summed E-state index contributed by atoms with van der Waals surface area (Å²) in [6, 6.07) is 12.6. The fraction of sp³-hybridized carbons (Fsp3) is 0.409. The second-order valence-corrected chi connectivity index (χ2v) is 7.45. The third kappa shape index (κ3) is 5.39. The average Bonchev–Trinajstić information content (AvgIpc) is 2.95. The van der Waals surface area contributed by atoms with Gasteiger partial charge in [0.05, 0.1) is 4.92 Å². The van der Waals surface area contributed by atoms with Crippen LogP contribution in [0.4, 0.5) is 5.69 Å². The average molecular weight is 381 g/mol. The van der Waals surface area contributed by atoms with Crippen LogP contribution in [0.3, 0.4) is 0 Å². The number of carbonyl (C=O) groups is 1. The quantitative estimate of drug-likeness (QED) is 0.601. The van der Waals surface area contributed by atoms with Crippen molar-refractivity contribution in [2.75, 3.05) is 13.1 Å². The molecule has 0 aliphatic carbocycles. The molecular weight excluding hydrogens is 354 g/mol. The smallest absolute Gasteiger partial charge is 0.270 e. The Bertz CT molecular complexity index is 843. The monoisotopic (exact) mass is 381 g/mol. The van der Waals surface area contributed by atoms with Crippen LogP contribution < -0.4 is 5.32 Å². The van der Waals surface area contributed by atoms with Crippen molar-refractivity contribution in [2.45, 2.75) is 45.7 Å². The van der Waals surface area contributed by atoms with E-state index in [0.717, 1.165) is 30.8 Å². The van der Waals surface area contributed by atoms with E-state index in [-0.39, 0.29) is 11.6 Å². The van der Waals surface area contributed by atoms with Crippen LogP contribution >= 0.6 is 0 Å². The van der Waals surface area contributed by atoms with Gasteiger partial charge in [-0.25, -0.2) is 0 Å². The summed E-state index contributed by atoms with van der Waals surface area (Å²) in [5.41, 5.74) is 3.27. The number of amides is 1. The van der Waals surface area contributed by atoms with Crippen molar-refractivity contribution in [3.8, 4) is 0 Å². The number of aryl methyl sites for hydroxylation is 1. The zero-order valence-electron chi connectivity index (χ0n) is 16.3. The molecule has 0 aromatic heterocycles. The first kappa shape index (κ1) is 20.0. The number of rotatable bonds is 6. The first-order valence-electron chi connectivity index (χ1n) is 9.86. The maximum Gasteiger partial charge on any atom is 0.270 e. The second-order valence-electron chi connectivity index (χ2n) is 7.45. The molecule has 6 heteroatoms. The molecule has 1 aliphatic rings. The van der Waals surface area contributed by atoms with Crippen LogP contribution in [-0.2, 0) is 13.1 Å². The number of hydrogen-bond donors (Lipinski definition) is 1. The summed E-state index contributed by atoms with van der Waals surface area (Å²) in [4.78, 5) is 25.5. The van der Waals surface area contributed by atoms with Crippen LogP contribution in [0, 0.1) is 17.0 Å². The van der Waals surface area contributed by atoms with Crippen molar-refractivity contribution >= 4 is 11.6 Å². The van der Waals surface area contributed by atoms with Gasteiger partial charge in [-0.3, -0.25) is 19.8 Å². The Morgan fingerprint density at radius 3 is 2.50 bits per heavy atom. The number of nitro benzene ring substituents is 1. The molecule has 0 spiro atoms. The molecule has 1 N–H and O–H groups in total. The van der Waals surface area contributed by atoms with E-state index >= 15 is 0 Å². The summed E-state index contributed by atoms with van der Waals surface area (Å²) in [7, 11) is 0. The van der Waals surface area contributed by atoms with E-state index in [0.29, 0.717) is 12.1 Å². The summed E-state index contributed by atoms with van der Waals surface area (Å²) < 4.78 is 0. The molecule has 0 radical (unpaired) electrons. The Hall–Kier alpha value is -2.73. The highest BCUT2D eigenvalue weighted by Crippen LogP contribution is 2.18. The topological polar surface area (TPSA) is 75.5 Å². The lowest BCUT2D eigenvalue weighted by Gasteiger charge is -2.20. The van der Waals surface area contributed by atoms with Crippen LogP contribution in [0.2, 0.25) is 0 Å². The number of likely N-dealkylation sites (tertiary alicyclic amines) is 1. The van der Waals surface area contributed by atoms with Crippen LogP contribution in [0.5, 0.6) is 0 Å². The molecule has 1 fully saturated rings. The zero-order valence-corrected chi connectivity index (χ0v) is 16.3. The molecule has 1 saturated heterocycles. The molecule has 0 atom stereocenters. The minimum atomic E-state index is -0.484. The fourth-order valence-electron chi connectivity index (χ4n) is 3.64. The molecule has 148 valence electrons. The fourth-order valence-corrected chi connectivity index (χ4v) is 3.64. The molecule has 0 unspecified atom stereocenters. The number of nitro groups is 1. The predicted octanol–water partition coefficient (Wildman–Crippen LogP) is 4.21.